The van der Waals surface area contributed by atoms with Crippen LogP contribution in [0.4, 0.5) is 0 Å². The highest BCUT2D eigenvalue weighted by Crippen LogP contribution is 2.27. The number of hydrogen-bond acceptors (Lipinski definition) is 2. The van der Waals surface area contributed by atoms with Gasteiger partial charge in [-0.3, -0.25) is 4.68 Å². The Bertz CT molecular complexity index is 536. The van der Waals surface area contributed by atoms with Crippen molar-refractivity contribution < 1.29 is 5.11 Å². The van der Waals surface area contributed by atoms with Gasteiger partial charge in [-0.2, -0.15) is 5.10 Å². The Kier molecular flexibility index (Phi) is 4.04. The normalized spacial score (nSPS) is 12.7. The van der Waals surface area contributed by atoms with E-state index in [0.29, 0.717) is 11.4 Å². The van der Waals surface area contributed by atoms with Gasteiger partial charge in [0.05, 0.1) is 12.3 Å². The molecule has 2 aromatic rings. The standard InChI is InChI=1S/C14H17ClN2O/c1-10-3-5-12(13(15)7-10)14(18)6-4-11-8-16-17(2)9-11/h3,5,7-9,14,18H,4,6H2,1-2H3. The zero-order valence-corrected chi connectivity index (χ0v) is 11.4. The molecule has 1 N–H and O–H groups in total. The van der Waals surface area contributed by atoms with Crippen LogP contribution in [0.15, 0.2) is 30.6 Å². The summed E-state index contributed by atoms with van der Waals surface area (Å²) in [5.74, 6) is 0. The van der Waals surface area contributed by atoms with Crippen LogP contribution in [0.3, 0.4) is 0 Å². The van der Waals surface area contributed by atoms with Crippen molar-refractivity contribution in [3.05, 3.63) is 52.3 Å². The minimum Gasteiger partial charge on any atom is -0.388 e. The third-order valence-electron chi connectivity index (χ3n) is 2.98. The largest absolute Gasteiger partial charge is 0.388 e. The molecule has 0 aliphatic heterocycles. The number of benzene rings is 1. The van der Waals surface area contributed by atoms with Gasteiger partial charge in [-0.1, -0.05) is 23.7 Å². The van der Waals surface area contributed by atoms with Crippen molar-refractivity contribution in [2.75, 3.05) is 0 Å². The Balaban J connectivity index is 2.01. The van der Waals surface area contributed by atoms with Crippen LogP contribution in [-0.2, 0) is 13.5 Å². The summed E-state index contributed by atoms with van der Waals surface area (Å²) in [6, 6.07) is 5.74. The topological polar surface area (TPSA) is 38.1 Å². The van der Waals surface area contributed by atoms with Crippen LogP contribution in [0, 0.1) is 6.92 Å². The molecule has 0 saturated carbocycles. The highest BCUT2D eigenvalue weighted by molar-refractivity contribution is 6.31. The fourth-order valence-electron chi connectivity index (χ4n) is 1.96. The van der Waals surface area contributed by atoms with Gasteiger partial charge < -0.3 is 5.11 Å². The second kappa shape index (κ2) is 5.55. The van der Waals surface area contributed by atoms with Gasteiger partial charge in [0.1, 0.15) is 0 Å². The molecule has 0 aliphatic rings. The van der Waals surface area contributed by atoms with Gasteiger partial charge in [0.15, 0.2) is 0 Å². The summed E-state index contributed by atoms with van der Waals surface area (Å²) in [6.45, 7) is 1.98. The molecular weight excluding hydrogens is 248 g/mol. The van der Waals surface area contributed by atoms with Gasteiger partial charge in [0, 0.05) is 18.3 Å². The highest BCUT2D eigenvalue weighted by atomic mass is 35.5. The lowest BCUT2D eigenvalue weighted by Crippen LogP contribution is -2.00. The number of aliphatic hydroxyl groups excluding tert-OH is 1. The predicted molar refractivity (Wildman–Crippen MR) is 72.7 cm³/mol. The maximum absolute atomic E-state index is 10.1. The van der Waals surface area contributed by atoms with E-state index in [9.17, 15) is 5.11 Å². The fourth-order valence-corrected chi connectivity index (χ4v) is 2.32. The van der Waals surface area contributed by atoms with E-state index in [4.69, 9.17) is 11.6 Å². The van der Waals surface area contributed by atoms with E-state index in [1.165, 1.54) is 0 Å². The van der Waals surface area contributed by atoms with Crippen molar-refractivity contribution in [1.29, 1.82) is 0 Å². The molecule has 0 aliphatic carbocycles. The second-order valence-electron chi connectivity index (χ2n) is 4.60. The molecule has 0 bridgehead atoms. The van der Waals surface area contributed by atoms with Gasteiger partial charge in [-0.05, 0) is 42.5 Å². The lowest BCUT2D eigenvalue weighted by Gasteiger charge is -2.12. The minimum absolute atomic E-state index is 0.529. The summed E-state index contributed by atoms with van der Waals surface area (Å²) in [7, 11) is 1.89. The van der Waals surface area contributed by atoms with Crippen LogP contribution in [0.1, 0.15) is 29.2 Å². The van der Waals surface area contributed by atoms with Gasteiger partial charge in [-0.15, -0.1) is 0 Å². The van der Waals surface area contributed by atoms with E-state index >= 15 is 0 Å². The van der Waals surface area contributed by atoms with E-state index in [1.807, 2.05) is 44.6 Å². The zero-order valence-electron chi connectivity index (χ0n) is 10.6. The molecule has 0 radical (unpaired) electrons. The summed E-state index contributed by atoms with van der Waals surface area (Å²) >= 11 is 6.13. The van der Waals surface area contributed by atoms with Crippen molar-refractivity contribution in [3.63, 3.8) is 0 Å². The number of aryl methyl sites for hydroxylation is 3. The molecule has 0 amide bonds. The third kappa shape index (κ3) is 3.12. The number of aromatic nitrogens is 2. The van der Waals surface area contributed by atoms with E-state index in [1.54, 1.807) is 4.68 Å². The van der Waals surface area contributed by atoms with Crippen molar-refractivity contribution >= 4 is 11.6 Å². The molecule has 1 atom stereocenters. The molecule has 1 aromatic heterocycles. The van der Waals surface area contributed by atoms with Crippen LogP contribution < -0.4 is 0 Å². The lowest BCUT2D eigenvalue weighted by atomic mass is 10.0. The maximum atomic E-state index is 10.1. The first-order valence-corrected chi connectivity index (χ1v) is 6.35. The monoisotopic (exact) mass is 264 g/mol. The molecule has 1 aromatic carbocycles. The van der Waals surface area contributed by atoms with Crippen molar-refractivity contribution in [1.82, 2.24) is 9.78 Å². The average molecular weight is 265 g/mol. The molecule has 18 heavy (non-hydrogen) atoms. The van der Waals surface area contributed by atoms with Crippen LogP contribution >= 0.6 is 11.6 Å². The van der Waals surface area contributed by atoms with E-state index in [-0.39, 0.29) is 0 Å². The van der Waals surface area contributed by atoms with Crippen molar-refractivity contribution in [2.24, 2.45) is 7.05 Å². The first kappa shape index (κ1) is 13.1. The van der Waals surface area contributed by atoms with Crippen LogP contribution in [0.25, 0.3) is 0 Å². The smallest absolute Gasteiger partial charge is 0.0807 e. The molecule has 0 fully saturated rings. The number of nitrogens with zero attached hydrogens (tertiary/aromatic N) is 2. The number of halogens is 1. The fraction of sp³-hybridized carbons (Fsp3) is 0.357. The Morgan fingerprint density at radius 3 is 2.83 bits per heavy atom. The Hall–Kier alpha value is -1.32. The molecule has 1 unspecified atom stereocenters. The highest BCUT2D eigenvalue weighted by Gasteiger charge is 2.12. The molecule has 0 spiro atoms. The molecule has 1 heterocycles. The zero-order chi connectivity index (χ0) is 13.1. The quantitative estimate of drug-likeness (QED) is 0.922. The molecular formula is C14H17ClN2O. The maximum Gasteiger partial charge on any atom is 0.0807 e. The van der Waals surface area contributed by atoms with E-state index < -0.39 is 6.10 Å². The molecule has 3 nitrogen and oxygen atoms in total. The Labute approximate surface area is 112 Å². The average Bonchev–Trinajstić information content (AvgIpc) is 2.72. The number of rotatable bonds is 4. The summed E-state index contributed by atoms with van der Waals surface area (Å²) in [6.07, 6.45) is 4.69. The van der Waals surface area contributed by atoms with Crippen LogP contribution in [-0.4, -0.2) is 14.9 Å². The van der Waals surface area contributed by atoms with Gasteiger partial charge in [0.2, 0.25) is 0 Å². The summed E-state index contributed by atoms with van der Waals surface area (Å²) in [4.78, 5) is 0. The summed E-state index contributed by atoms with van der Waals surface area (Å²) in [5, 5.41) is 14.9. The summed E-state index contributed by atoms with van der Waals surface area (Å²) in [5.41, 5.74) is 3.02. The first-order chi connectivity index (χ1) is 8.56. The van der Waals surface area contributed by atoms with Gasteiger partial charge >= 0.3 is 0 Å². The van der Waals surface area contributed by atoms with Crippen LogP contribution in [0.5, 0.6) is 0 Å². The Morgan fingerprint density at radius 1 is 1.44 bits per heavy atom. The number of hydrogen-bond donors (Lipinski definition) is 1. The molecule has 96 valence electrons. The molecule has 0 saturated heterocycles. The van der Waals surface area contributed by atoms with Crippen LogP contribution in [0.2, 0.25) is 5.02 Å². The second-order valence-corrected chi connectivity index (χ2v) is 5.01. The SMILES string of the molecule is Cc1ccc(C(O)CCc2cnn(C)c2)c(Cl)c1. The van der Waals surface area contributed by atoms with Gasteiger partial charge in [0.25, 0.3) is 0 Å². The lowest BCUT2D eigenvalue weighted by molar-refractivity contribution is 0.168. The third-order valence-corrected chi connectivity index (χ3v) is 3.31. The van der Waals surface area contributed by atoms with E-state index in [2.05, 4.69) is 5.10 Å². The van der Waals surface area contributed by atoms with Crippen molar-refractivity contribution in [3.8, 4) is 0 Å². The Morgan fingerprint density at radius 2 is 2.22 bits per heavy atom. The van der Waals surface area contributed by atoms with Crippen molar-refractivity contribution in [2.45, 2.75) is 25.9 Å². The predicted octanol–water partition coefficient (Wildman–Crippen LogP) is 3.05. The summed E-state index contributed by atoms with van der Waals surface area (Å²) < 4.78 is 1.76. The van der Waals surface area contributed by atoms with Gasteiger partial charge in [-0.25, -0.2) is 0 Å². The molecule has 4 heteroatoms. The minimum atomic E-state index is -0.529. The molecule has 2 rings (SSSR count). The van der Waals surface area contributed by atoms with E-state index in [0.717, 1.165) is 23.1 Å². The number of aliphatic hydroxyl groups is 1. The first-order valence-electron chi connectivity index (χ1n) is 5.98.